The van der Waals surface area contributed by atoms with E-state index in [1.54, 1.807) is 27.5 Å². The fourth-order valence-corrected chi connectivity index (χ4v) is 2.53. The largest absolute Gasteiger partial charge is 0.427 e. The van der Waals surface area contributed by atoms with Crippen LogP contribution in [0.3, 0.4) is 0 Å². The molecular weight excluding hydrogens is 363 g/mol. The number of aliphatic hydroxyl groups is 1. The molecule has 0 saturated heterocycles. The van der Waals surface area contributed by atoms with Crippen LogP contribution in [0.1, 0.15) is 39.3 Å². The molecule has 1 N–H and O–H groups in total. The van der Waals surface area contributed by atoms with Crippen LogP contribution in [0.2, 0.25) is 0 Å². The first-order valence-corrected chi connectivity index (χ1v) is 9.55. The van der Waals surface area contributed by atoms with Crippen molar-refractivity contribution in [3.8, 4) is 22.6 Å². The van der Waals surface area contributed by atoms with Crippen LogP contribution in [-0.4, -0.2) is 43.7 Å². The van der Waals surface area contributed by atoms with Crippen LogP contribution in [0.4, 0.5) is 0 Å². The summed E-state index contributed by atoms with van der Waals surface area (Å²) in [5.41, 5.74) is 1.98. The van der Waals surface area contributed by atoms with E-state index in [4.69, 9.17) is 4.65 Å². The van der Waals surface area contributed by atoms with E-state index in [2.05, 4.69) is 19.9 Å². The maximum atomic E-state index is 10.2. The lowest BCUT2D eigenvalue weighted by molar-refractivity contribution is -0.0893. The van der Waals surface area contributed by atoms with E-state index in [0.717, 1.165) is 22.3 Å². The molecule has 3 aromatic rings. The minimum atomic E-state index is -0.954. The molecule has 6 nitrogen and oxygen atoms in total. The Kier molecular flexibility index (Phi) is 5.82. The molecule has 0 bridgehead atoms. The third-order valence-corrected chi connectivity index (χ3v) is 5.05. The standard InChI is InChI=1S/C22H26BN4O2/c1-14-25-15(2)27-20(26-14)17-9-12-19(24-13-17)16-7-10-18(11-8-16)23-29-22(5,6)21(3,4)28/h7-13,28H,1-6H3. The number of aryl methyl sites for hydroxylation is 2. The van der Waals surface area contributed by atoms with Gasteiger partial charge in [0.25, 0.3) is 0 Å². The van der Waals surface area contributed by atoms with Gasteiger partial charge in [0.05, 0.1) is 16.9 Å². The Bertz CT molecular complexity index is 961. The van der Waals surface area contributed by atoms with Gasteiger partial charge in [-0.1, -0.05) is 29.7 Å². The Labute approximate surface area is 172 Å². The number of hydrogen-bond donors (Lipinski definition) is 1. The highest BCUT2D eigenvalue weighted by Gasteiger charge is 2.35. The zero-order valence-corrected chi connectivity index (χ0v) is 17.8. The lowest BCUT2D eigenvalue weighted by Gasteiger charge is -2.37. The van der Waals surface area contributed by atoms with E-state index in [1.165, 1.54) is 0 Å². The van der Waals surface area contributed by atoms with Gasteiger partial charge in [-0.2, -0.15) is 0 Å². The molecule has 0 fully saturated rings. The lowest BCUT2D eigenvalue weighted by Crippen LogP contribution is -2.49. The van der Waals surface area contributed by atoms with Crippen molar-refractivity contribution in [2.75, 3.05) is 0 Å². The van der Waals surface area contributed by atoms with E-state index < -0.39 is 11.2 Å². The molecule has 0 spiro atoms. The van der Waals surface area contributed by atoms with Gasteiger partial charge in [-0.05, 0) is 53.7 Å². The Morgan fingerprint density at radius 3 is 1.93 bits per heavy atom. The van der Waals surface area contributed by atoms with Crippen LogP contribution in [0.5, 0.6) is 0 Å². The number of aromatic nitrogens is 4. The van der Waals surface area contributed by atoms with Gasteiger partial charge in [-0.15, -0.1) is 0 Å². The molecule has 0 aliphatic heterocycles. The van der Waals surface area contributed by atoms with Crippen molar-refractivity contribution >= 4 is 12.9 Å². The number of rotatable bonds is 6. The first-order chi connectivity index (χ1) is 13.5. The summed E-state index contributed by atoms with van der Waals surface area (Å²) in [6.07, 6.45) is 1.78. The van der Waals surface area contributed by atoms with Crippen molar-refractivity contribution in [3.63, 3.8) is 0 Å². The van der Waals surface area contributed by atoms with Gasteiger partial charge in [0.1, 0.15) is 11.6 Å². The molecule has 0 aliphatic rings. The number of pyridine rings is 1. The molecule has 0 unspecified atom stereocenters. The van der Waals surface area contributed by atoms with Gasteiger partial charge in [0.15, 0.2) is 5.82 Å². The molecule has 1 aromatic carbocycles. The number of benzene rings is 1. The number of hydrogen-bond acceptors (Lipinski definition) is 6. The second-order valence-corrected chi connectivity index (χ2v) is 8.11. The average molecular weight is 389 g/mol. The molecule has 149 valence electrons. The van der Waals surface area contributed by atoms with E-state index in [9.17, 15) is 5.11 Å². The molecule has 0 aliphatic carbocycles. The third kappa shape index (κ3) is 5.05. The van der Waals surface area contributed by atoms with E-state index >= 15 is 0 Å². The van der Waals surface area contributed by atoms with Gasteiger partial charge in [-0.25, -0.2) is 15.0 Å². The summed E-state index contributed by atoms with van der Waals surface area (Å²) in [7, 11) is 1.67. The van der Waals surface area contributed by atoms with Crippen molar-refractivity contribution in [1.29, 1.82) is 0 Å². The predicted molar refractivity (Wildman–Crippen MR) is 115 cm³/mol. The van der Waals surface area contributed by atoms with Crippen LogP contribution in [0.15, 0.2) is 42.6 Å². The van der Waals surface area contributed by atoms with Crippen LogP contribution in [0.25, 0.3) is 22.6 Å². The van der Waals surface area contributed by atoms with Crippen molar-refractivity contribution < 1.29 is 9.76 Å². The predicted octanol–water partition coefficient (Wildman–Crippen LogP) is 3.03. The quantitative estimate of drug-likeness (QED) is 0.653. The van der Waals surface area contributed by atoms with E-state index in [-0.39, 0.29) is 0 Å². The molecule has 3 rings (SSSR count). The van der Waals surface area contributed by atoms with Crippen molar-refractivity contribution in [2.24, 2.45) is 0 Å². The summed E-state index contributed by atoms with van der Waals surface area (Å²) in [6, 6.07) is 11.8. The van der Waals surface area contributed by atoms with Crippen molar-refractivity contribution in [1.82, 2.24) is 19.9 Å². The van der Waals surface area contributed by atoms with Crippen LogP contribution in [0, 0.1) is 13.8 Å². The molecule has 2 aromatic heterocycles. The maximum absolute atomic E-state index is 10.2. The fraction of sp³-hybridized carbons (Fsp3) is 0.364. The van der Waals surface area contributed by atoms with Gasteiger partial charge >= 0.3 is 7.48 Å². The molecule has 0 saturated carbocycles. The molecule has 1 radical (unpaired) electrons. The Hall–Kier alpha value is -2.64. The monoisotopic (exact) mass is 389 g/mol. The summed E-state index contributed by atoms with van der Waals surface area (Å²) in [4.78, 5) is 17.5. The van der Waals surface area contributed by atoms with Gasteiger partial charge in [0, 0.05) is 17.3 Å². The molecule has 29 heavy (non-hydrogen) atoms. The zero-order chi connectivity index (χ0) is 21.2. The highest BCUT2D eigenvalue weighted by atomic mass is 16.5. The third-order valence-electron chi connectivity index (χ3n) is 5.05. The SMILES string of the molecule is Cc1nc(C)nc(-c2ccc(-c3ccc([B]OC(C)(C)C(C)(C)O)cc3)nc2)n1. The first kappa shape index (κ1) is 21.1. The molecular formula is C22H26BN4O2. The molecule has 7 heteroatoms. The normalized spacial score (nSPS) is 12.1. The first-order valence-electron chi connectivity index (χ1n) is 9.55. The number of nitrogens with zero attached hydrogens (tertiary/aromatic N) is 4. The van der Waals surface area contributed by atoms with Crippen LogP contribution >= 0.6 is 0 Å². The van der Waals surface area contributed by atoms with E-state index in [1.807, 2.05) is 64.1 Å². The summed E-state index contributed by atoms with van der Waals surface area (Å²) >= 11 is 0. The van der Waals surface area contributed by atoms with Gasteiger partial charge in [-0.3, -0.25) is 4.98 Å². The Morgan fingerprint density at radius 1 is 0.828 bits per heavy atom. The fourth-order valence-electron chi connectivity index (χ4n) is 2.53. The molecule has 0 amide bonds. The van der Waals surface area contributed by atoms with Gasteiger partial charge in [0.2, 0.25) is 0 Å². The topological polar surface area (TPSA) is 81.0 Å². The van der Waals surface area contributed by atoms with Crippen molar-refractivity contribution in [3.05, 3.63) is 54.2 Å². The van der Waals surface area contributed by atoms with Crippen LogP contribution in [-0.2, 0) is 4.65 Å². The Balaban J connectivity index is 1.72. The highest BCUT2D eigenvalue weighted by Crippen LogP contribution is 2.24. The Morgan fingerprint density at radius 2 is 1.41 bits per heavy atom. The minimum Gasteiger partial charge on any atom is -0.427 e. The molecule has 0 atom stereocenters. The molecule has 2 heterocycles. The summed E-state index contributed by atoms with van der Waals surface area (Å²) < 4.78 is 5.80. The van der Waals surface area contributed by atoms with Gasteiger partial charge < -0.3 is 9.76 Å². The smallest absolute Gasteiger partial charge is 0.330 e. The highest BCUT2D eigenvalue weighted by molar-refractivity contribution is 6.47. The second kappa shape index (κ2) is 8.01. The average Bonchev–Trinajstić information content (AvgIpc) is 2.65. The van der Waals surface area contributed by atoms with Crippen molar-refractivity contribution in [2.45, 2.75) is 52.7 Å². The minimum absolute atomic E-state index is 0.630. The van der Waals surface area contributed by atoms with Crippen LogP contribution < -0.4 is 5.46 Å². The van der Waals surface area contributed by atoms with E-state index in [0.29, 0.717) is 17.5 Å². The maximum Gasteiger partial charge on any atom is 0.330 e. The summed E-state index contributed by atoms with van der Waals surface area (Å²) in [5, 5.41) is 10.2. The second-order valence-electron chi connectivity index (χ2n) is 8.11. The summed E-state index contributed by atoms with van der Waals surface area (Å²) in [5.74, 6) is 2.02. The lowest BCUT2D eigenvalue weighted by atomic mass is 9.82. The zero-order valence-electron chi connectivity index (χ0n) is 17.8. The summed E-state index contributed by atoms with van der Waals surface area (Å²) in [6.45, 7) is 10.9.